The Kier molecular flexibility index (Phi) is 5.74. The molecule has 7 nitrogen and oxygen atoms in total. The van der Waals surface area contributed by atoms with E-state index in [-0.39, 0.29) is 17.9 Å². The first-order valence-corrected chi connectivity index (χ1v) is 9.66. The van der Waals surface area contributed by atoms with E-state index in [1.165, 1.54) is 12.5 Å². The molecule has 2 fully saturated rings. The largest absolute Gasteiger partial charge is 0.463 e. The molecule has 7 heteroatoms. The first-order valence-electron chi connectivity index (χ1n) is 9.66. The second-order valence-corrected chi connectivity index (χ2v) is 8.95. The van der Waals surface area contributed by atoms with Crippen molar-refractivity contribution in [2.75, 3.05) is 6.61 Å². The maximum absolute atomic E-state index is 11.7. The maximum Gasteiger partial charge on any atom is 0.223 e. The SMILES string of the molecule is CC(=O)N[C@@H]1[C@H](Oc2ccc(C(C)(C)C)cc2)O[C@H]2COC(C)(C)O[C@H]2[C@@H]1O. The van der Waals surface area contributed by atoms with Crippen LogP contribution in [-0.2, 0) is 24.4 Å². The average Bonchev–Trinajstić information content (AvgIpc) is 2.58. The van der Waals surface area contributed by atoms with Crippen LogP contribution in [-0.4, -0.2) is 54.1 Å². The van der Waals surface area contributed by atoms with Gasteiger partial charge in [-0.1, -0.05) is 32.9 Å². The Balaban J connectivity index is 1.79. The fraction of sp³-hybridized carbons (Fsp3) is 0.667. The molecule has 0 bridgehead atoms. The normalized spacial score (nSPS) is 32.3. The van der Waals surface area contributed by atoms with E-state index in [9.17, 15) is 9.90 Å². The third-order valence-electron chi connectivity index (χ3n) is 5.03. The Labute approximate surface area is 166 Å². The van der Waals surface area contributed by atoms with Crippen molar-refractivity contribution in [3.8, 4) is 5.75 Å². The highest BCUT2D eigenvalue weighted by atomic mass is 16.8. The monoisotopic (exact) mass is 393 g/mol. The summed E-state index contributed by atoms with van der Waals surface area (Å²) < 4.78 is 23.5. The molecule has 0 unspecified atom stereocenters. The first-order chi connectivity index (χ1) is 13.0. The summed E-state index contributed by atoms with van der Waals surface area (Å²) in [6.07, 6.45) is -2.98. The molecule has 2 saturated heterocycles. The van der Waals surface area contributed by atoms with Crippen LogP contribution in [0.3, 0.4) is 0 Å². The van der Waals surface area contributed by atoms with Crippen LogP contribution < -0.4 is 10.1 Å². The van der Waals surface area contributed by atoms with Crippen LogP contribution in [0.5, 0.6) is 5.75 Å². The van der Waals surface area contributed by atoms with E-state index in [0.29, 0.717) is 5.75 Å². The van der Waals surface area contributed by atoms with Crippen molar-refractivity contribution in [2.45, 2.75) is 83.4 Å². The van der Waals surface area contributed by atoms with E-state index in [1.54, 1.807) is 13.8 Å². The van der Waals surface area contributed by atoms with Gasteiger partial charge in [-0.05, 0) is 37.0 Å². The number of amides is 1. The summed E-state index contributed by atoms with van der Waals surface area (Å²) in [7, 11) is 0. The van der Waals surface area contributed by atoms with Gasteiger partial charge < -0.3 is 29.4 Å². The zero-order chi connectivity index (χ0) is 20.7. The van der Waals surface area contributed by atoms with Crippen LogP contribution in [0.1, 0.15) is 47.1 Å². The zero-order valence-electron chi connectivity index (χ0n) is 17.4. The lowest BCUT2D eigenvalue weighted by Gasteiger charge is -2.49. The van der Waals surface area contributed by atoms with E-state index < -0.39 is 36.4 Å². The van der Waals surface area contributed by atoms with Gasteiger partial charge in [-0.2, -0.15) is 0 Å². The van der Waals surface area contributed by atoms with E-state index >= 15 is 0 Å². The molecule has 0 spiro atoms. The molecule has 0 saturated carbocycles. The van der Waals surface area contributed by atoms with Crippen LogP contribution in [0.15, 0.2) is 24.3 Å². The predicted octanol–water partition coefficient (Wildman–Crippen LogP) is 2.10. The highest BCUT2D eigenvalue weighted by Gasteiger charge is 2.52. The van der Waals surface area contributed by atoms with E-state index in [2.05, 4.69) is 26.1 Å². The number of carbonyl (C=O) groups is 1. The van der Waals surface area contributed by atoms with Crippen molar-refractivity contribution in [1.82, 2.24) is 5.32 Å². The standard InChI is InChI=1S/C21H31NO6/c1-12(23)22-16-17(24)18-15(11-25-21(5,6)28-18)27-19(16)26-14-9-7-13(8-10-14)20(2,3)4/h7-10,15-19,24H,11H2,1-6H3,(H,22,23)/t15-,16-,17+,18+,19+/m0/s1. The van der Waals surface area contributed by atoms with Gasteiger partial charge in [0, 0.05) is 6.92 Å². The van der Waals surface area contributed by atoms with Crippen molar-refractivity contribution in [1.29, 1.82) is 0 Å². The van der Waals surface area contributed by atoms with Gasteiger partial charge in [0.15, 0.2) is 5.79 Å². The molecule has 0 aliphatic carbocycles. The number of aliphatic hydroxyl groups excluding tert-OH is 1. The summed E-state index contributed by atoms with van der Waals surface area (Å²) in [6.45, 7) is 11.6. The minimum Gasteiger partial charge on any atom is -0.463 e. The van der Waals surface area contributed by atoms with Gasteiger partial charge in [-0.25, -0.2) is 0 Å². The highest BCUT2D eigenvalue weighted by molar-refractivity contribution is 5.73. The quantitative estimate of drug-likeness (QED) is 0.818. The van der Waals surface area contributed by atoms with Gasteiger partial charge in [0.25, 0.3) is 0 Å². The second-order valence-electron chi connectivity index (χ2n) is 8.95. The highest BCUT2D eigenvalue weighted by Crippen LogP contribution is 2.33. The Hall–Kier alpha value is -1.67. The number of fused-ring (bicyclic) bond motifs is 1. The number of rotatable bonds is 3. The predicted molar refractivity (Wildman–Crippen MR) is 103 cm³/mol. The molecule has 5 atom stereocenters. The lowest BCUT2D eigenvalue weighted by Crippen LogP contribution is -2.69. The van der Waals surface area contributed by atoms with Gasteiger partial charge in [-0.15, -0.1) is 0 Å². The van der Waals surface area contributed by atoms with Gasteiger partial charge in [0.2, 0.25) is 12.2 Å². The van der Waals surface area contributed by atoms with Crippen molar-refractivity contribution in [3.05, 3.63) is 29.8 Å². The van der Waals surface area contributed by atoms with Crippen LogP contribution in [0.4, 0.5) is 0 Å². The van der Waals surface area contributed by atoms with Gasteiger partial charge in [0.05, 0.1) is 6.61 Å². The fourth-order valence-electron chi connectivity index (χ4n) is 3.50. The van der Waals surface area contributed by atoms with Crippen LogP contribution in [0, 0.1) is 0 Å². The summed E-state index contributed by atoms with van der Waals surface area (Å²) in [4.78, 5) is 11.7. The number of hydrogen-bond donors (Lipinski definition) is 2. The van der Waals surface area contributed by atoms with Gasteiger partial charge in [-0.3, -0.25) is 4.79 Å². The molecule has 1 aromatic rings. The third-order valence-corrected chi connectivity index (χ3v) is 5.03. The number of ether oxygens (including phenoxy) is 4. The zero-order valence-corrected chi connectivity index (χ0v) is 17.4. The number of benzene rings is 1. The molecule has 0 aromatic heterocycles. The number of nitrogens with one attached hydrogen (secondary N) is 1. The Morgan fingerprint density at radius 3 is 2.46 bits per heavy atom. The van der Waals surface area contributed by atoms with Crippen LogP contribution in [0.2, 0.25) is 0 Å². The lowest BCUT2D eigenvalue weighted by atomic mass is 9.87. The minimum absolute atomic E-state index is 0.0333. The molecule has 2 heterocycles. The summed E-state index contributed by atoms with van der Waals surface area (Å²) >= 11 is 0. The molecule has 2 N–H and O–H groups in total. The molecule has 1 aromatic carbocycles. The number of carbonyl (C=O) groups excluding carboxylic acids is 1. The molecule has 0 radical (unpaired) electrons. The molecular weight excluding hydrogens is 362 g/mol. The fourth-order valence-corrected chi connectivity index (χ4v) is 3.50. The first kappa shape index (κ1) is 21.0. The molecule has 1 amide bonds. The van der Waals surface area contributed by atoms with Gasteiger partial charge >= 0.3 is 0 Å². The maximum atomic E-state index is 11.7. The molecule has 2 aliphatic rings. The molecule has 3 rings (SSSR count). The van der Waals surface area contributed by atoms with Crippen LogP contribution in [0.25, 0.3) is 0 Å². The average molecular weight is 393 g/mol. The molecule has 28 heavy (non-hydrogen) atoms. The summed E-state index contributed by atoms with van der Waals surface area (Å²) in [5.41, 5.74) is 1.21. The smallest absolute Gasteiger partial charge is 0.223 e. The topological polar surface area (TPSA) is 86.3 Å². The minimum atomic E-state index is -0.996. The number of hydrogen-bond acceptors (Lipinski definition) is 6. The van der Waals surface area contributed by atoms with Crippen LogP contribution >= 0.6 is 0 Å². The van der Waals surface area contributed by atoms with Crippen molar-refractivity contribution in [3.63, 3.8) is 0 Å². The molecule has 156 valence electrons. The molecule has 2 aliphatic heterocycles. The molecular formula is C21H31NO6. The third kappa shape index (κ3) is 4.66. The Bertz CT molecular complexity index is 696. The summed E-state index contributed by atoms with van der Waals surface area (Å²) in [6, 6.07) is 6.96. The van der Waals surface area contributed by atoms with E-state index in [0.717, 1.165) is 0 Å². The summed E-state index contributed by atoms with van der Waals surface area (Å²) in [5.74, 6) is -0.519. The van der Waals surface area contributed by atoms with E-state index in [4.69, 9.17) is 18.9 Å². The lowest BCUT2D eigenvalue weighted by molar-refractivity contribution is -0.361. The second kappa shape index (κ2) is 7.63. The Morgan fingerprint density at radius 1 is 1.25 bits per heavy atom. The van der Waals surface area contributed by atoms with Crippen molar-refractivity contribution >= 4 is 5.91 Å². The summed E-state index contributed by atoms with van der Waals surface area (Å²) in [5, 5.41) is 13.6. The van der Waals surface area contributed by atoms with Crippen molar-refractivity contribution < 1.29 is 28.8 Å². The van der Waals surface area contributed by atoms with Gasteiger partial charge in [0.1, 0.15) is 30.1 Å². The van der Waals surface area contributed by atoms with E-state index in [1.807, 2.05) is 24.3 Å². The van der Waals surface area contributed by atoms with Crippen molar-refractivity contribution in [2.24, 2.45) is 0 Å². The Morgan fingerprint density at radius 2 is 1.89 bits per heavy atom. The number of aliphatic hydroxyl groups is 1.